The summed E-state index contributed by atoms with van der Waals surface area (Å²) in [6.07, 6.45) is 3.15. The zero-order valence-electron chi connectivity index (χ0n) is 20.9. The number of H-pyrrole nitrogens is 1. The number of hydrogen-bond acceptors (Lipinski definition) is 8. The van der Waals surface area contributed by atoms with Gasteiger partial charge in [0.15, 0.2) is 31.9 Å². The van der Waals surface area contributed by atoms with Crippen LogP contribution in [0.2, 0.25) is 23.2 Å². The Balaban J connectivity index is 1.58. The summed E-state index contributed by atoms with van der Waals surface area (Å²) >= 11 is 7.78. The minimum atomic E-state index is -2.24. The van der Waals surface area contributed by atoms with E-state index in [4.69, 9.17) is 20.8 Å². The topological polar surface area (TPSA) is 102 Å². The van der Waals surface area contributed by atoms with Crippen molar-refractivity contribution >= 4 is 48.9 Å². The van der Waals surface area contributed by atoms with Crippen molar-refractivity contribution in [1.82, 2.24) is 20.2 Å². The third-order valence-electron chi connectivity index (χ3n) is 6.43. The van der Waals surface area contributed by atoms with Crippen molar-refractivity contribution in [1.29, 1.82) is 0 Å². The quantitative estimate of drug-likeness (QED) is 0.229. The molecule has 3 aromatic rings. The van der Waals surface area contributed by atoms with Gasteiger partial charge in [-0.3, -0.25) is 5.10 Å². The van der Waals surface area contributed by atoms with E-state index in [2.05, 4.69) is 59.3 Å². The van der Waals surface area contributed by atoms with Crippen LogP contribution >= 0.6 is 22.9 Å². The summed E-state index contributed by atoms with van der Waals surface area (Å²) in [5, 5.41) is 10.9. The highest BCUT2D eigenvalue weighted by atomic mass is 35.5. The third kappa shape index (κ3) is 5.94. The number of esters is 1. The molecule has 1 aliphatic rings. The minimum Gasteiger partial charge on any atom is -0.464 e. The molecule has 0 spiro atoms. The predicted molar refractivity (Wildman–Crippen MR) is 142 cm³/mol. The van der Waals surface area contributed by atoms with Crippen LogP contribution in [0.15, 0.2) is 24.4 Å². The molecule has 0 saturated heterocycles. The number of anilines is 2. The van der Waals surface area contributed by atoms with Crippen LogP contribution in [0, 0.1) is 0 Å². The Morgan fingerprint density at radius 2 is 2.09 bits per heavy atom. The lowest BCUT2D eigenvalue weighted by molar-refractivity contribution is -0.152. The van der Waals surface area contributed by atoms with Crippen LogP contribution in [0.25, 0.3) is 10.7 Å². The van der Waals surface area contributed by atoms with Crippen LogP contribution in [-0.2, 0) is 14.0 Å². The summed E-state index contributed by atoms with van der Waals surface area (Å²) < 4.78 is 11.8. The molecule has 0 aliphatic heterocycles. The Morgan fingerprint density at radius 3 is 2.74 bits per heavy atom. The number of halogens is 1. The SMILES string of the molecule is CCOC(=O)C(O[Si](C)(C)C(C)(C)C)c1ccc(-c2ncc(Cl)c(Nc3cc(C4CC4)[nH]n3)n2)s1. The number of ether oxygens (including phenoxy) is 1. The maximum Gasteiger partial charge on any atom is 0.339 e. The Bertz CT molecular complexity index is 1200. The first-order chi connectivity index (χ1) is 16.5. The lowest BCUT2D eigenvalue weighted by atomic mass is 10.2. The molecule has 1 fully saturated rings. The molecule has 2 N–H and O–H groups in total. The van der Waals surface area contributed by atoms with Gasteiger partial charge in [-0.15, -0.1) is 11.3 Å². The average Bonchev–Trinajstić information content (AvgIpc) is 3.33. The van der Waals surface area contributed by atoms with E-state index in [0.717, 1.165) is 15.4 Å². The second kappa shape index (κ2) is 10.0. The minimum absolute atomic E-state index is 0.0523. The summed E-state index contributed by atoms with van der Waals surface area (Å²) in [6, 6.07) is 5.77. The van der Waals surface area contributed by atoms with Crippen molar-refractivity contribution in [2.24, 2.45) is 0 Å². The van der Waals surface area contributed by atoms with Gasteiger partial charge in [-0.2, -0.15) is 5.10 Å². The van der Waals surface area contributed by atoms with Gasteiger partial charge in [-0.25, -0.2) is 14.8 Å². The van der Waals surface area contributed by atoms with Gasteiger partial charge in [0.2, 0.25) is 0 Å². The lowest BCUT2D eigenvalue weighted by Gasteiger charge is -2.38. The first-order valence-corrected chi connectivity index (χ1v) is 15.9. The highest BCUT2D eigenvalue weighted by molar-refractivity contribution is 7.15. The van der Waals surface area contributed by atoms with E-state index < -0.39 is 14.4 Å². The average molecular weight is 534 g/mol. The fourth-order valence-electron chi connectivity index (χ4n) is 3.22. The largest absolute Gasteiger partial charge is 0.464 e. The molecule has 35 heavy (non-hydrogen) atoms. The summed E-state index contributed by atoms with van der Waals surface area (Å²) in [5.41, 5.74) is 1.12. The van der Waals surface area contributed by atoms with Crippen LogP contribution in [0.5, 0.6) is 0 Å². The number of carbonyl (C=O) groups excluding carboxylic acids is 1. The third-order valence-corrected chi connectivity index (χ3v) is 12.3. The molecule has 0 amide bonds. The molecule has 8 nitrogen and oxygen atoms in total. The van der Waals surface area contributed by atoms with Gasteiger partial charge in [-0.1, -0.05) is 32.4 Å². The number of aromatic nitrogens is 4. The van der Waals surface area contributed by atoms with Gasteiger partial charge >= 0.3 is 5.97 Å². The molecule has 188 valence electrons. The molecular weight excluding hydrogens is 502 g/mol. The number of nitrogens with zero attached hydrogens (tertiary/aromatic N) is 3. The van der Waals surface area contributed by atoms with E-state index in [0.29, 0.717) is 35.0 Å². The van der Waals surface area contributed by atoms with Crippen LogP contribution in [0.3, 0.4) is 0 Å². The molecule has 4 rings (SSSR count). The van der Waals surface area contributed by atoms with Crippen molar-refractivity contribution in [3.05, 3.63) is 40.0 Å². The van der Waals surface area contributed by atoms with E-state index in [1.54, 1.807) is 13.1 Å². The summed E-state index contributed by atoms with van der Waals surface area (Å²) in [5.74, 6) is 1.83. The fraction of sp³-hybridized carbons (Fsp3) is 0.500. The number of carbonyl (C=O) groups is 1. The van der Waals surface area contributed by atoms with E-state index in [9.17, 15) is 4.79 Å². The second-order valence-electron chi connectivity index (χ2n) is 10.2. The highest BCUT2D eigenvalue weighted by Crippen LogP contribution is 2.42. The van der Waals surface area contributed by atoms with Crippen molar-refractivity contribution in [2.75, 3.05) is 11.9 Å². The summed E-state index contributed by atoms with van der Waals surface area (Å²) in [6.45, 7) is 12.8. The van der Waals surface area contributed by atoms with Crippen molar-refractivity contribution in [2.45, 2.75) is 70.7 Å². The predicted octanol–water partition coefficient (Wildman–Crippen LogP) is 6.83. The van der Waals surface area contributed by atoms with Gasteiger partial charge in [0, 0.05) is 22.6 Å². The van der Waals surface area contributed by atoms with Gasteiger partial charge < -0.3 is 14.5 Å². The standard InChI is InChI=1S/C24H32ClN5O3SSi/c1-7-32-23(31)20(33-35(5,6)24(2,3)4)17-10-11-18(34-17)22-26-13-15(25)21(28-22)27-19-12-16(29-30-19)14-8-9-14/h10-14,20H,7-9H2,1-6H3,(H2,26,27,28,29,30). The Hall–Kier alpha value is -2.27. The molecule has 0 aromatic carbocycles. The van der Waals surface area contributed by atoms with Gasteiger partial charge in [0.25, 0.3) is 0 Å². The van der Waals surface area contributed by atoms with Crippen LogP contribution in [-0.4, -0.2) is 41.1 Å². The monoisotopic (exact) mass is 533 g/mol. The maximum atomic E-state index is 12.9. The zero-order valence-corrected chi connectivity index (χ0v) is 23.5. The van der Waals surface area contributed by atoms with Crippen molar-refractivity contribution in [3.8, 4) is 10.7 Å². The Labute approximate surface area is 216 Å². The van der Waals surface area contributed by atoms with Crippen molar-refractivity contribution < 1.29 is 14.0 Å². The second-order valence-corrected chi connectivity index (χ2v) is 16.5. The normalized spacial score (nSPS) is 15.2. The number of hydrogen-bond donors (Lipinski definition) is 2. The number of rotatable bonds is 9. The molecule has 1 saturated carbocycles. The van der Waals surface area contributed by atoms with E-state index in [-0.39, 0.29) is 11.0 Å². The molecule has 3 heterocycles. The Kier molecular flexibility index (Phi) is 7.38. The van der Waals surface area contributed by atoms with Crippen molar-refractivity contribution in [3.63, 3.8) is 0 Å². The molecule has 3 aromatic heterocycles. The van der Waals surface area contributed by atoms with E-state index >= 15 is 0 Å². The van der Waals surface area contributed by atoms with Gasteiger partial charge in [-0.05, 0) is 50.0 Å². The van der Waals surface area contributed by atoms with Crippen LogP contribution in [0.1, 0.15) is 63.1 Å². The van der Waals surface area contributed by atoms with Gasteiger partial charge in [0.05, 0.1) is 17.7 Å². The number of thiophene rings is 1. The lowest BCUT2D eigenvalue weighted by Crippen LogP contribution is -2.43. The van der Waals surface area contributed by atoms with E-state index in [1.165, 1.54) is 24.2 Å². The van der Waals surface area contributed by atoms with Crippen LogP contribution < -0.4 is 5.32 Å². The van der Waals surface area contributed by atoms with Gasteiger partial charge in [0.1, 0.15) is 5.02 Å². The highest BCUT2D eigenvalue weighted by Gasteiger charge is 2.42. The van der Waals surface area contributed by atoms with Crippen LogP contribution in [0.4, 0.5) is 11.6 Å². The molecule has 0 bridgehead atoms. The zero-order chi connectivity index (χ0) is 25.4. The smallest absolute Gasteiger partial charge is 0.339 e. The first kappa shape index (κ1) is 25.8. The number of aromatic amines is 1. The molecule has 0 radical (unpaired) electrons. The first-order valence-electron chi connectivity index (χ1n) is 11.8. The molecule has 11 heteroatoms. The molecular formula is C24H32ClN5O3SSi. The molecule has 1 unspecified atom stereocenters. The summed E-state index contributed by atoms with van der Waals surface area (Å²) in [7, 11) is -2.24. The maximum absolute atomic E-state index is 12.9. The fourth-order valence-corrected chi connectivity index (χ4v) is 5.58. The molecule has 1 atom stereocenters. The van der Waals surface area contributed by atoms with E-state index in [1.807, 2.05) is 18.2 Å². The number of nitrogens with one attached hydrogen (secondary N) is 2. The Morgan fingerprint density at radius 1 is 1.34 bits per heavy atom. The summed E-state index contributed by atoms with van der Waals surface area (Å²) in [4.78, 5) is 23.5. The molecule has 1 aliphatic carbocycles.